The number of aliphatic hydroxyl groups is 3. The molecule has 1 heterocycles. The van der Waals surface area contributed by atoms with Crippen molar-refractivity contribution in [2.45, 2.75) is 75.9 Å². The van der Waals surface area contributed by atoms with Gasteiger partial charge in [0, 0.05) is 37.7 Å². The largest absolute Gasteiger partial charge is 0.459 e. The molecule has 6 atom stereocenters. The fourth-order valence-electron chi connectivity index (χ4n) is 10.7. The van der Waals surface area contributed by atoms with Crippen LogP contribution in [0.3, 0.4) is 0 Å². The Morgan fingerprint density at radius 2 is 1.40 bits per heavy atom. The van der Waals surface area contributed by atoms with Crippen LogP contribution >= 0.6 is 0 Å². The molecule has 1 fully saturated rings. The second kappa shape index (κ2) is 27.1. The maximum Gasteiger partial charge on any atom is 0.410 e. The van der Waals surface area contributed by atoms with Crippen molar-refractivity contribution < 1.29 is 53.4 Å². The maximum absolute atomic E-state index is 14.9. The van der Waals surface area contributed by atoms with Crippen LogP contribution in [0.15, 0.2) is 163 Å². The second-order valence-corrected chi connectivity index (χ2v) is 18.7. The first kappa shape index (κ1) is 53.0. The summed E-state index contributed by atoms with van der Waals surface area (Å²) in [6.45, 7) is 5.07. The van der Waals surface area contributed by atoms with E-state index >= 15 is 0 Å². The van der Waals surface area contributed by atoms with Gasteiger partial charge < -0.3 is 48.6 Å². The summed E-state index contributed by atoms with van der Waals surface area (Å²) in [6.07, 6.45) is 7.95. The molecular weight excluding hydrogens is 925 g/mol. The van der Waals surface area contributed by atoms with Crippen LogP contribution in [0.4, 0.5) is 4.79 Å². The topological polar surface area (TPSA) is 158 Å². The summed E-state index contributed by atoms with van der Waals surface area (Å²) in [7, 11) is 0. The minimum Gasteiger partial charge on any atom is -0.459 e. The number of amides is 1. The molecule has 0 saturated heterocycles. The number of rotatable bonds is 28. The zero-order valence-corrected chi connectivity index (χ0v) is 41.7. The highest BCUT2D eigenvalue weighted by molar-refractivity contribution is 6.03. The number of aliphatic hydroxyl groups excluding tert-OH is 3. The first-order valence-corrected chi connectivity index (χ1v) is 25.8. The Bertz CT molecular complexity index is 2540. The Morgan fingerprint density at radius 1 is 0.726 bits per heavy atom. The van der Waals surface area contributed by atoms with E-state index in [2.05, 4.69) is 43.0 Å². The lowest BCUT2D eigenvalue weighted by molar-refractivity contribution is -0.256. The highest BCUT2D eigenvalue weighted by Crippen LogP contribution is 2.62. The number of ether oxygens (including phenoxy) is 6. The van der Waals surface area contributed by atoms with Crippen molar-refractivity contribution in [3.05, 3.63) is 174 Å². The molecule has 5 aromatic rings. The van der Waals surface area contributed by atoms with Crippen LogP contribution in [0.2, 0.25) is 0 Å². The predicted molar refractivity (Wildman–Crippen MR) is 280 cm³/mol. The number of benzene rings is 5. The molecule has 1 amide bonds. The summed E-state index contributed by atoms with van der Waals surface area (Å²) >= 11 is 0. The molecule has 3 N–H and O–H groups in total. The van der Waals surface area contributed by atoms with Crippen LogP contribution in [0, 0.1) is 17.8 Å². The van der Waals surface area contributed by atoms with Crippen LogP contribution in [-0.2, 0) is 37.0 Å². The normalized spacial score (nSPS) is 21.3. The van der Waals surface area contributed by atoms with E-state index in [1.807, 2.05) is 103 Å². The summed E-state index contributed by atoms with van der Waals surface area (Å²) in [4.78, 5) is 22.7. The van der Waals surface area contributed by atoms with Crippen molar-refractivity contribution in [3.8, 4) is 28.4 Å². The average molecular weight is 995 g/mol. The Balaban J connectivity index is 1.24. The molecule has 0 unspecified atom stereocenters. The van der Waals surface area contributed by atoms with Gasteiger partial charge in [-0.1, -0.05) is 133 Å². The van der Waals surface area contributed by atoms with Gasteiger partial charge in [-0.25, -0.2) is 4.79 Å². The lowest BCUT2D eigenvalue weighted by Gasteiger charge is -2.59. The smallest absolute Gasteiger partial charge is 0.410 e. The van der Waals surface area contributed by atoms with E-state index in [-0.39, 0.29) is 90.2 Å². The second-order valence-electron chi connectivity index (χ2n) is 18.7. The molecule has 5 aromatic carbocycles. The Labute approximate surface area is 429 Å². The van der Waals surface area contributed by atoms with Crippen LogP contribution < -0.4 is 9.47 Å². The molecule has 13 nitrogen and oxygen atoms in total. The number of fused-ring (bicyclic) bond motifs is 2. The lowest BCUT2D eigenvalue weighted by Crippen LogP contribution is -2.70. The number of nitrogens with zero attached hydrogens (tertiary/aromatic N) is 2. The summed E-state index contributed by atoms with van der Waals surface area (Å²) in [5.74, 6) is -0.461. The number of oxime groups is 1. The molecule has 0 aromatic heterocycles. The van der Waals surface area contributed by atoms with Crippen molar-refractivity contribution in [3.63, 3.8) is 0 Å². The van der Waals surface area contributed by atoms with Gasteiger partial charge >= 0.3 is 6.09 Å². The first-order chi connectivity index (χ1) is 36.0. The highest BCUT2D eigenvalue weighted by atomic mass is 16.7. The van der Waals surface area contributed by atoms with Crippen LogP contribution in [0.5, 0.6) is 17.2 Å². The van der Waals surface area contributed by atoms with E-state index in [1.54, 1.807) is 11.0 Å². The van der Waals surface area contributed by atoms with Crippen LogP contribution in [0.25, 0.3) is 11.1 Å². The first-order valence-electron chi connectivity index (χ1n) is 25.8. The van der Waals surface area contributed by atoms with Gasteiger partial charge in [-0.05, 0) is 95.7 Å². The third-order valence-electron chi connectivity index (χ3n) is 14.0. The van der Waals surface area contributed by atoms with Gasteiger partial charge in [0.1, 0.15) is 36.5 Å². The summed E-state index contributed by atoms with van der Waals surface area (Å²) < 4.78 is 39.1. The molecule has 3 aliphatic rings. The quantitative estimate of drug-likeness (QED) is 0.0249. The van der Waals surface area contributed by atoms with E-state index in [9.17, 15) is 20.1 Å². The average Bonchev–Trinajstić information content (AvgIpc) is 3.42. The minimum absolute atomic E-state index is 0.00551. The molecule has 0 radical (unpaired) electrons. The fraction of sp³-hybridized carbons (Fsp3) is 0.400. The molecule has 386 valence electrons. The molecule has 1 aliphatic heterocycles. The number of carbonyl (C=O) groups excluding carboxylic acids is 1. The van der Waals surface area contributed by atoms with Gasteiger partial charge in [0.25, 0.3) is 0 Å². The van der Waals surface area contributed by atoms with Gasteiger partial charge in [-0.15, -0.1) is 6.58 Å². The van der Waals surface area contributed by atoms with E-state index < -0.39 is 23.8 Å². The Kier molecular flexibility index (Phi) is 19.7. The van der Waals surface area contributed by atoms with Crippen molar-refractivity contribution in [1.82, 2.24) is 4.90 Å². The zero-order chi connectivity index (χ0) is 50.7. The molecule has 0 spiro atoms. The highest BCUT2D eigenvalue weighted by Gasteiger charge is 2.65. The number of hydrogen-bond donors (Lipinski definition) is 3. The van der Waals surface area contributed by atoms with Gasteiger partial charge in [0.15, 0.2) is 0 Å². The van der Waals surface area contributed by atoms with E-state index in [0.717, 1.165) is 59.1 Å². The molecule has 2 aliphatic carbocycles. The van der Waals surface area contributed by atoms with Crippen LogP contribution in [-0.4, -0.2) is 103 Å². The van der Waals surface area contributed by atoms with Crippen molar-refractivity contribution in [1.29, 1.82) is 0 Å². The van der Waals surface area contributed by atoms with Gasteiger partial charge in [0.2, 0.25) is 5.79 Å². The van der Waals surface area contributed by atoms with Crippen LogP contribution in [0.1, 0.15) is 67.6 Å². The fourth-order valence-corrected chi connectivity index (χ4v) is 10.7. The summed E-state index contributed by atoms with van der Waals surface area (Å²) in [5, 5.41) is 34.8. The Morgan fingerprint density at radius 3 is 2.10 bits per heavy atom. The van der Waals surface area contributed by atoms with Crippen molar-refractivity contribution >= 4 is 11.8 Å². The minimum atomic E-state index is -1.53. The SMILES string of the molecule is C=CCO[C@@]12Oc3ccc(Oc4ccc(-c5ccccc5)cc4)cc3[C@H]3[C@H](CCCCO)[C@@H](CCCCO)C=C(C(=NOCc4ccccc4)C[C@@H]1N(CCOCCO)C(=O)OCCOCc1ccccc1)[C@H]32. The molecule has 13 heteroatoms. The molecular formula is C60H70N2O11. The van der Waals surface area contributed by atoms with Crippen molar-refractivity contribution in [2.24, 2.45) is 22.9 Å². The number of allylic oxidation sites excluding steroid dienone is 1. The number of carbonyl (C=O) groups is 1. The van der Waals surface area contributed by atoms with E-state index in [0.29, 0.717) is 42.4 Å². The van der Waals surface area contributed by atoms with Gasteiger partial charge in [-0.3, -0.25) is 4.90 Å². The third kappa shape index (κ3) is 13.5. The van der Waals surface area contributed by atoms with Gasteiger partial charge in [0.05, 0.1) is 51.3 Å². The van der Waals surface area contributed by atoms with Gasteiger partial charge in [-0.2, -0.15) is 0 Å². The van der Waals surface area contributed by atoms with Crippen molar-refractivity contribution in [2.75, 3.05) is 59.4 Å². The Hall–Kier alpha value is -6.32. The van der Waals surface area contributed by atoms with E-state index in [1.165, 1.54) is 0 Å². The molecule has 1 saturated carbocycles. The maximum atomic E-state index is 14.9. The molecule has 0 bridgehead atoms. The van der Waals surface area contributed by atoms with E-state index in [4.69, 9.17) is 38.4 Å². The predicted octanol–water partition coefficient (Wildman–Crippen LogP) is 10.6. The zero-order valence-electron chi connectivity index (χ0n) is 41.7. The molecule has 8 rings (SSSR count). The lowest BCUT2D eigenvalue weighted by atomic mass is 9.55. The summed E-state index contributed by atoms with van der Waals surface area (Å²) in [5.41, 5.74) is 6.61. The molecule has 73 heavy (non-hydrogen) atoms. The standard InChI is InChI=1S/C60H70N2O11/c1-2-34-70-60-56(62(30-35-67-36-33-65)59(66)69-38-37-68-42-44-16-6-3-7-17-44)41-54(61-71-43-45-18-8-4-9-19-45)52-39-48(22-12-14-31-63)51(23-13-15-32-64)57(58(52)60)53-40-50(28-29-55(53)73-60)72-49-26-24-47(25-27-49)46-20-10-5-11-21-46/h2-11,16-21,24-29,39-40,48,51,56-58,63-65H,1,12-15,22-23,30-38,41-43H2/t48-,51+,56-,57+,58+,60+/m0/s1. The third-order valence-corrected chi connectivity index (χ3v) is 14.0. The number of hydrogen-bond acceptors (Lipinski definition) is 12. The monoisotopic (exact) mass is 994 g/mol. The number of unbranched alkanes of at least 4 members (excludes halogenated alkanes) is 2. The summed E-state index contributed by atoms with van der Waals surface area (Å²) in [6, 6.07) is 42.9.